The fourth-order valence-corrected chi connectivity index (χ4v) is 2.59. The maximum absolute atomic E-state index is 3.63. The molecular weight excluding hydrogens is 196 g/mol. The van der Waals surface area contributed by atoms with E-state index in [1.165, 1.54) is 32.5 Å². The average molecular weight is 226 g/mol. The van der Waals surface area contributed by atoms with Gasteiger partial charge in [0.15, 0.2) is 0 Å². The van der Waals surface area contributed by atoms with E-state index in [1.54, 1.807) is 0 Å². The standard InChI is InChI=1S/C14H30N2/c1-11(2)10-16(12(3)4)7-6-14-8-13(5)9-15-14/h11-15H,6-10H2,1-5H3. The third-order valence-corrected chi connectivity index (χ3v) is 3.54. The van der Waals surface area contributed by atoms with E-state index in [1.807, 2.05) is 0 Å². The summed E-state index contributed by atoms with van der Waals surface area (Å²) in [6, 6.07) is 1.45. The van der Waals surface area contributed by atoms with E-state index < -0.39 is 0 Å². The fourth-order valence-electron chi connectivity index (χ4n) is 2.59. The van der Waals surface area contributed by atoms with Crippen LogP contribution in [0.5, 0.6) is 0 Å². The van der Waals surface area contributed by atoms with Crippen LogP contribution in [0.3, 0.4) is 0 Å². The van der Waals surface area contributed by atoms with Crippen molar-refractivity contribution < 1.29 is 0 Å². The average Bonchev–Trinajstić information content (AvgIpc) is 2.58. The summed E-state index contributed by atoms with van der Waals surface area (Å²) in [5.41, 5.74) is 0. The molecule has 0 aromatic heterocycles. The minimum Gasteiger partial charge on any atom is -0.314 e. The third-order valence-electron chi connectivity index (χ3n) is 3.54. The van der Waals surface area contributed by atoms with Crippen LogP contribution in [0.25, 0.3) is 0 Å². The smallest absolute Gasteiger partial charge is 0.00823 e. The summed E-state index contributed by atoms with van der Waals surface area (Å²) in [4.78, 5) is 2.62. The molecule has 0 radical (unpaired) electrons. The van der Waals surface area contributed by atoms with Gasteiger partial charge in [-0.25, -0.2) is 0 Å². The van der Waals surface area contributed by atoms with Crippen molar-refractivity contribution in [2.75, 3.05) is 19.6 Å². The molecule has 2 heteroatoms. The highest BCUT2D eigenvalue weighted by atomic mass is 15.1. The lowest BCUT2D eigenvalue weighted by molar-refractivity contribution is 0.189. The van der Waals surface area contributed by atoms with Crippen molar-refractivity contribution in [1.29, 1.82) is 0 Å². The summed E-state index contributed by atoms with van der Waals surface area (Å²) in [7, 11) is 0. The van der Waals surface area contributed by atoms with Crippen molar-refractivity contribution in [3.05, 3.63) is 0 Å². The van der Waals surface area contributed by atoms with Gasteiger partial charge in [0.05, 0.1) is 0 Å². The van der Waals surface area contributed by atoms with Gasteiger partial charge >= 0.3 is 0 Å². The maximum Gasteiger partial charge on any atom is 0.00823 e. The maximum atomic E-state index is 3.63. The Kier molecular flexibility index (Phi) is 5.77. The van der Waals surface area contributed by atoms with E-state index in [0.717, 1.165) is 17.9 Å². The van der Waals surface area contributed by atoms with Gasteiger partial charge in [-0.3, -0.25) is 0 Å². The lowest BCUT2D eigenvalue weighted by Gasteiger charge is -2.29. The predicted molar refractivity (Wildman–Crippen MR) is 71.7 cm³/mol. The van der Waals surface area contributed by atoms with Crippen LogP contribution in [0.15, 0.2) is 0 Å². The Labute approximate surface area is 102 Å². The van der Waals surface area contributed by atoms with Gasteiger partial charge in [-0.05, 0) is 51.6 Å². The van der Waals surface area contributed by atoms with E-state index in [9.17, 15) is 0 Å². The summed E-state index contributed by atoms with van der Waals surface area (Å²) >= 11 is 0. The highest BCUT2D eigenvalue weighted by Gasteiger charge is 2.21. The molecule has 16 heavy (non-hydrogen) atoms. The van der Waals surface area contributed by atoms with E-state index >= 15 is 0 Å². The van der Waals surface area contributed by atoms with Crippen LogP contribution in [0.2, 0.25) is 0 Å². The topological polar surface area (TPSA) is 15.3 Å². The van der Waals surface area contributed by atoms with Gasteiger partial charge in [-0.1, -0.05) is 20.8 Å². The second-order valence-electron chi connectivity index (χ2n) is 6.22. The molecule has 1 N–H and O–H groups in total. The molecule has 0 amide bonds. The summed E-state index contributed by atoms with van der Waals surface area (Å²) in [5, 5.41) is 3.63. The summed E-state index contributed by atoms with van der Waals surface area (Å²) in [6.07, 6.45) is 2.68. The van der Waals surface area contributed by atoms with Gasteiger partial charge in [0, 0.05) is 18.6 Å². The molecule has 2 nitrogen and oxygen atoms in total. The first-order valence-electron chi connectivity index (χ1n) is 6.96. The molecule has 1 saturated heterocycles. The first-order valence-corrected chi connectivity index (χ1v) is 6.96. The lowest BCUT2D eigenvalue weighted by Crippen LogP contribution is -2.37. The number of nitrogens with zero attached hydrogens (tertiary/aromatic N) is 1. The molecule has 2 atom stereocenters. The number of hydrogen-bond donors (Lipinski definition) is 1. The minimum atomic E-state index is 0.682. The van der Waals surface area contributed by atoms with Crippen molar-refractivity contribution in [1.82, 2.24) is 10.2 Å². The minimum absolute atomic E-state index is 0.682. The zero-order valence-corrected chi connectivity index (χ0v) is 11.8. The Morgan fingerprint density at radius 3 is 2.38 bits per heavy atom. The van der Waals surface area contributed by atoms with Crippen LogP contribution >= 0.6 is 0 Å². The molecule has 0 aromatic rings. The Hall–Kier alpha value is -0.0800. The normalized spacial score (nSPS) is 26.2. The Bertz CT molecular complexity index is 189. The monoisotopic (exact) mass is 226 g/mol. The fraction of sp³-hybridized carbons (Fsp3) is 1.00. The Morgan fingerprint density at radius 1 is 1.25 bits per heavy atom. The molecule has 0 bridgehead atoms. The molecule has 1 aliphatic heterocycles. The van der Waals surface area contributed by atoms with Gasteiger partial charge < -0.3 is 10.2 Å². The zero-order valence-electron chi connectivity index (χ0n) is 11.8. The van der Waals surface area contributed by atoms with Gasteiger partial charge in [-0.2, -0.15) is 0 Å². The van der Waals surface area contributed by atoms with E-state index in [-0.39, 0.29) is 0 Å². The molecule has 0 aliphatic carbocycles. The second-order valence-corrected chi connectivity index (χ2v) is 6.22. The van der Waals surface area contributed by atoms with E-state index in [0.29, 0.717) is 6.04 Å². The molecule has 1 fully saturated rings. The largest absolute Gasteiger partial charge is 0.314 e. The molecule has 1 heterocycles. The highest BCUT2D eigenvalue weighted by molar-refractivity contribution is 4.80. The summed E-state index contributed by atoms with van der Waals surface area (Å²) < 4.78 is 0. The first-order chi connectivity index (χ1) is 7.49. The van der Waals surface area contributed by atoms with Crippen LogP contribution in [0.1, 0.15) is 47.5 Å². The molecular formula is C14H30N2. The van der Waals surface area contributed by atoms with Gasteiger partial charge in [0.2, 0.25) is 0 Å². The molecule has 96 valence electrons. The first kappa shape index (κ1) is 14.0. The molecule has 0 aromatic carbocycles. The SMILES string of the molecule is CC(C)CN(CCC1CC(C)CN1)C(C)C. The van der Waals surface area contributed by atoms with Crippen molar-refractivity contribution in [2.45, 2.75) is 59.5 Å². The Balaban J connectivity index is 2.26. The number of rotatable bonds is 6. The van der Waals surface area contributed by atoms with Crippen molar-refractivity contribution in [3.63, 3.8) is 0 Å². The molecule has 0 spiro atoms. The van der Waals surface area contributed by atoms with Crippen molar-refractivity contribution in [2.24, 2.45) is 11.8 Å². The zero-order chi connectivity index (χ0) is 12.1. The van der Waals surface area contributed by atoms with Crippen LogP contribution in [0.4, 0.5) is 0 Å². The van der Waals surface area contributed by atoms with Crippen LogP contribution in [-0.4, -0.2) is 36.6 Å². The summed E-state index contributed by atoms with van der Waals surface area (Å²) in [5.74, 6) is 1.65. The quantitative estimate of drug-likeness (QED) is 0.749. The highest BCUT2D eigenvalue weighted by Crippen LogP contribution is 2.16. The predicted octanol–water partition coefficient (Wildman–Crippen LogP) is 2.74. The molecule has 1 aliphatic rings. The van der Waals surface area contributed by atoms with Crippen LogP contribution < -0.4 is 5.32 Å². The number of nitrogens with one attached hydrogen (secondary N) is 1. The van der Waals surface area contributed by atoms with Crippen molar-refractivity contribution >= 4 is 0 Å². The van der Waals surface area contributed by atoms with Gasteiger partial charge in [0.1, 0.15) is 0 Å². The van der Waals surface area contributed by atoms with Gasteiger partial charge in [0.25, 0.3) is 0 Å². The molecule has 0 saturated carbocycles. The Morgan fingerprint density at radius 2 is 1.94 bits per heavy atom. The van der Waals surface area contributed by atoms with E-state index in [2.05, 4.69) is 44.8 Å². The van der Waals surface area contributed by atoms with Crippen LogP contribution in [-0.2, 0) is 0 Å². The molecule has 1 rings (SSSR count). The number of hydrogen-bond acceptors (Lipinski definition) is 2. The van der Waals surface area contributed by atoms with Crippen molar-refractivity contribution in [3.8, 4) is 0 Å². The van der Waals surface area contributed by atoms with E-state index in [4.69, 9.17) is 0 Å². The lowest BCUT2D eigenvalue weighted by atomic mass is 10.0. The van der Waals surface area contributed by atoms with Gasteiger partial charge in [-0.15, -0.1) is 0 Å². The molecule has 2 unspecified atom stereocenters. The van der Waals surface area contributed by atoms with Crippen LogP contribution in [0, 0.1) is 11.8 Å². The third kappa shape index (κ3) is 4.84. The summed E-state index contributed by atoms with van der Waals surface area (Å²) in [6.45, 7) is 15.3. The second kappa shape index (κ2) is 6.61.